The molecule has 0 saturated heterocycles. The van der Waals surface area contributed by atoms with Gasteiger partial charge in [-0.1, -0.05) is 6.42 Å². The molecule has 1 amide bonds. The van der Waals surface area contributed by atoms with E-state index in [1.165, 1.54) is 42.2 Å². The summed E-state index contributed by atoms with van der Waals surface area (Å²) in [6.07, 6.45) is 4.93. The molecule has 1 aliphatic carbocycles. The van der Waals surface area contributed by atoms with Crippen molar-refractivity contribution >= 4 is 21.6 Å². The first-order valence-electron chi connectivity index (χ1n) is 7.80. The highest BCUT2D eigenvalue weighted by Gasteiger charge is 2.27. The molecule has 1 aromatic carbocycles. The summed E-state index contributed by atoms with van der Waals surface area (Å²) < 4.78 is 28.5. The second kappa shape index (κ2) is 6.27. The molecule has 1 heterocycles. The topological polar surface area (TPSA) is 98.3 Å². The third kappa shape index (κ3) is 3.01. The summed E-state index contributed by atoms with van der Waals surface area (Å²) in [4.78, 5) is 11.1. The van der Waals surface area contributed by atoms with E-state index in [9.17, 15) is 13.2 Å². The Kier molecular flexibility index (Phi) is 4.31. The Bertz CT molecular complexity index is 838. The van der Waals surface area contributed by atoms with Crippen LogP contribution in [0.3, 0.4) is 0 Å². The fourth-order valence-corrected chi connectivity index (χ4v) is 4.01. The highest BCUT2D eigenvalue weighted by Crippen LogP contribution is 2.29. The lowest BCUT2D eigenvalue weighted by Gasteiger charge is -2.26. The number of carbonyl (C=O) groups excluding carboxylic acids is 1. The van der Waals surface area contributed by atoms with E-state index >= 15 is 0 Å². The standard InChI is InChI=1S/C16H20N4O3S/c1-19(14-7-5-13(6-8-14)16(17)21)24(22,23)15-9-10-18-20(15)11-12-3-2-4-12/h5-10,12H,2-4,11H2,1H3,(H2,17,21). The predicted molar refractivity (Wildman–Crippen MR) is 90.1 cm³/mol. The number of amides is 1. The maximum absolute atomic E-state index is 12.9. The first-order chi connectivity index (χ1) is 11.4. The number of sulfonamides is 1. The molecule has 2 aromatic rings. The van der Waals surface area contributed by atoms with E-state index in [-0.39, 0.29) is 5.03 Å². The van der Waals surface area contributed by atoms with Crippen LogP contribution in [0.4, 0.5) is 5.69 Å². The number of benzene rings is 1. The van der Waals surface area contributed by atoms with E-state index in [1.807, 2.05) is 0 Å². The number of aromatic nitrogens is 2. The van der Waals surface area contributed by atoms with Gasteiger partial charge in [-0.15, -0.1) is 0 Å². The van der Waals surface area contributed by atoms with Gasteiger partial charge in [0.05, 0.1) is 11.9 Å². The van der Waals surface area contributed by atoms with Crippen molar-refractivity contribution in [3.8, 4) is 0 Å². The number of anilines is 1. The zero-order valence-corrected chi connectivity index (χ0v) is 14.2. The molecule has 0 aliphatic heterocycles. The molecule has 1 fully saturated rings. The fraction of sp³-hybridized carbons (Fsp3) is 0.375. The van der Waals surface area contributed by atoms with Gasteiger partial charge in [-0.25, -0.2) is 0 Å². The molecule has 8 heteroatoms. The summed E-state index contributed by atoms with van der Waals surface area (Å²) >= 11 is 0. The van der Waals surface area contributed by atoms with E-state index in [0.29, 0.717) is 23.7 Å². The molecular weight excluding hydrogens is 328 g/mol. The highest BCUT2D eigenvalue weighted by atomic mass is 32.2. The third-order valence-corrected chi connectivity index (χ3v) is 6.28. The molecule has 2 N–H and O–H groups in total. The zero-order chi connectivity index (χ0) is 17.3. The highest BCUT2D eigenvalue weighted by molar-refractivity contribution is 7.92. The lowest BCUT2D eigenvalue weighted by Crippen LogP contribution is -2.30. The van der Waals surface area contributed by atoms with Crippen molar-refractivity contribution in [3.63, 3.8) is 0 Å². The monoisotopic (exact) mass is 348 g/mol. The van der Waals surface area contributed by atoms with Crippen molar-refractivity contribution in [3.05, 3.63) is 42.1 Å². The van der Waals surface area contributed by atoms with Gasteiger partial charge in [-0.2, -0.15) is 13.5 Å². The summed E-state index contributed by atoms with van der Waals surface area (Å²) in [5, 5.41) is 4.34. The Hall–Kier alpha value is -2.35. The van der Waals surface area contributed by atoms with Crippen LogP contribution in [-0.2, 0) is 16.6 Å². The van der Waals surface area contributed by atoms with Gasteiger partial charge in [0.25, 0.3) is 10.0 Å². The fourth-order valence-electron chi connectivity index (χ4n) is 2.71. The Morgan fingerprint density at radius 1 is 1.29 bits per heavy atom. The van der Waals surface area contributed by atoms with E-state index in [0.717, 1.165) is 12.8 Å². The summed E-state index contributed by atoms with van der Waals surface area (Å²) in [6, 6.07) is 7.65. The van der Waals surface area contributed by atoms with E-state index in [2.05, 4.69) is 5.10 Å². The van der Waals surface area contributed by atoms with Crippen LogP contribution >= 0.6 is 0 Å². The van der Waals surface area contributed by atoms with Gasteiger partial charge in [-0.05, 0) is 49.1 Å². The number of primary amides is 1. The van der Waals surface area contributed by atoms with Crippen LogP contribution < -0.4 is 10.0 Å². The summed E-state index contributed by atoms with van der Waals surface area (Å²) in [7, 11) is -2.24. The van der Waals surface area contributed by atoms with Crippen LogP contribution in [0.15, 0.2) is 41.6 Å². The second-order valence-corrected chi connectivity index (χ2v) is 7.95. The minimum Gasteiger partial charge on any atom is -0.366 e. The Balaban J connectivity index is 1.86. The van der Waals surface area contributed by atoms with Crippen molar-refractivity contribution in [2.45, 2.75) is 30.8 Å². The van der Waals surface area contributed by atoms with E-state index in [1.54, 1.807) is 16.8 Å². The van der Waals surface area contributed by atoms with Gasteiger partial charge in [0.1, 0.15) is 0 Å². The number of rotatable bonds is 6. The van der Waals surface area contributed by atoms with Crippen molar-refractivity contribution in [1.82, 2.24) is 9.78 Å². The maximum Gasteiger partial charge on any atom is 0.281 e. The molecule has 1 aromatic heterocycles. The molecule has 3 rings (SSSR count). The maximum atomic E-state index is 12.9. The molecular formula is C16H20N4O3S. The molecule has 1 aliphatic rings. The Morgan fingerprint density at radius 3 is 2.50 bits per heavy atom. The average Bonchev–Trinajstić information content (AvgIpc) is 2.99. The molecule has 128 valence electrons. The largest absolute Gasteiger partial charge is 0.366 e. The van der Waals surface area contributed by atoms with Crippen molar-refractivity contribution in [2.75, 3.05) is 11.4 Å². The first kappa shape index (κ1) is 16.5. The summed E-state index contributed by atoms with van der Waals surface area (Å²) in [6.45, 7) is 0.621. The van der Waals surface area contributed by atoms with Gasteiger partial charge in [-0.3, -0.25) is 13.8 Å². The van der Waals surface area contributed by atoms with Crippen LogP contribution in [0.25, 0.3) is 0 Å². The van der Waals surface area contributed by atoms with Crippen LogP contribution in [0.1, 0.15) is 29.6 Å². The molecule has 0 atom stereocenters. The summed E-state index contributed by atoms with van der Waals surface area (Å²) in [5.74, 6) is -0.0513. The molecule has 0 bridgehead atoms. The smallest absolute Gasteiger partial charge is 0.281 e. The Labute approximate surface area is 141 Å². The normalized spacial score (nSPS) is 15.0. The number of hydrogen-bond acceptors (Lipinski definition) is 4. The van der Waals surface area contributed by atoms with Crippen LogP contribution in [0.5, 0.6) is 0 Å². The first-order valence-corrected chi connectivity index (χ1v) is 9.24. The predicted octanol–water partition coefficient (Wildman–Crippen LogP) is 1.61. The van der Waals surface area contributed by atoms with Crippen molar-refractivity contribution in [1.29, 1.82) is 0 Å². The van der Waals surface area contributed by atoms with Crippen LogP contribution in [0, 0.1) is 5.92 Å². The SMILES string of the molecule is CN(c1ccc(C(N)=O)cc1)S(=O)(=O)c1ccnn1CC1CCC1. The van der Waals surface area contributed by atoms with Gasteiger partial charge in [0.15, 0.2) is 5.03 Å². The molecule has 7 nitrogen and oxygen atoms in total. The number of carbonyl (C=O) groups is 1. The van der Waals surface area contributed by atoms with E-state index < -0.39 is 15.9 Å². The van der Waals surface area contributed by atoms with E-state index in [4.69, 9.17) is 5.73 Å². The van der Waals surface area contributed by atoms with Crippen molar-refractivity contribution in [2.24, 2.45) is 11.7 Å². The van der Waals surface area contributed by atoms with Gasteiger partial charge in [0, 0.05) is 19.2 Å². The minimum atomic E-state index is -3.72. The molecule has 24 heavy (non-hydrogen) atoms. The minimum absolute atomic E-state index is 0.177. The molecule has 0 radical (unpaired) electrons. The molecule has 0 spiro atoms. The molecule has 1 saturated carbocycles. The number of nitrogens with two attached hydrogens (primary N) is 1. The zero-order valence-electron chi connectivity index (χ0n) is 13.4. The lowest BCUT2D eigenvalue weighted by molar-refractivity contribution is 0.100. The summed E-state index contributed by atoms with van der Waals surface area (Å²) in [5.41, 5.74) is 5.99. The average molecular weight is 348 g/mol. The third-order valence-electron chi connectivity index (χ3n) is 4.47. The number of nitrogens with zero attached hydrogens (tertiary/aromatic N) is 3. The van der Waals surface area contributed by atoms with Crippen LogP contribution in [0.2, 0.25) is 0 Å². The number of hydrogen-bond donors (Lipinski definition) is 1. The van der Waals surface area contributed by atoms with Crippen LogP contribution in [-0.4, -0.2) is 31.2 Å². The quantitative estimate of drug-likeness (QED) is 0.857. The second-order valence-electron chi connectivity index (χ2n) is 6.03. The Morgan fingerprint density at radius 2 is 1.96 bits per heavy atom. The van der Waals surface area contributed by atoms with Gasteiger partial charge in [0.2, 0.25) is 5.91 Å². The van der Waals surface area contributed by atoms with Gasteiger partial charge >= 0.3 is 0 Å². The van der Waals surface area contributed by atoms with Gasteiger partial charge < -0.3 is 5.73 Å². The van der Waals surface area contributed by atoms with Crippen molar-refractivity contribution < 1.29 is 13.2 Å². The molecule has 0 unspecified atom stereocenters. The lowest BCUT2D eigenvalue weighted by atomic mass is 9.85.